The van der Waals surface area contributed by atoms with Crippen LogP contribution in [0.5, 0.6) is 0 Å². The summed E-state index contributed by atoms with van der Waals surface area (Å²) in [5, 5.41) is 3.05. The number of esters is 1. The van der Waals surface area contributed by atoms with Crippen LogP contribution in [0.3, 0.4) is 0 Å². The van der Waals surface area contributed by atoms with Gasteiger partial charge >= 0.3 is 13.8 Å². The number of hydrogen-bond acceptors (Lipinski definition) is 6. The summed E-state index contributed by atoms with van der Waals surface area (Å²) in [5.41, 5.74) is 0. The maximum atomic E-state index is 13.5. The van der Waals surface area contributed by atoms with Gasteiger partial charge in [-0.25, -0.2) is 4.57 Å². The van der Waals surface area contributed by atoms with Gasteiger partial charge in [0.25, 0.3) is 0 Å². The quantitative estimate of drug-likeness (QED) is 0.0205. The van der Waals surface area contributed by atoms with Gasteiger partial charge in [0, 0.05) is 12.8 Å². The molecular weight excluding hydrogens is 964 g/mol. The fraction of sp³-hybridized carbons (Fsp3) is 0.909. The molecule has 9 nitrogen and oxygen atoms in total. The third kappa shape index (κ3) is 57.2. The molecule has 0 aliphatic heterocycles. The summed E-state index contributed by atoms with van der Waals surface area (Å²) >= 11 is 0. The van der Waals surface area contributed by atoms with Crippen LogP contribution in [0.1, 0.15) is 335 Å². The number of quaternary nitrogens is 1. The van der Waals surface area contributed by atoms with Gasteiger partial charge in [0.2, 0.25) is 5.91 Å². The van der Waals surface area contributed by atoms with Crippen molar-refractivity contribution in [1.29, 1.82) is 0 Å². The molecule has 0 aromatic carbocycles. The summed E-state index contributed by atoms with van der Waals surface area (Å²) < 4.78 is 30.7. The number of likely N-dealkylation sites (N-methyl/N-ethyl adjacent to an activating group) is 1. The fourth-order valence-electron chi connectivity index (χ4n) is 9.98. The van der Waals surface area contributed by atoms with Gasteiger partial charge in [-0.05, 0) is 51.0 Å². The zero-order valence-corrected chi connectivity index (χ0v) is 52.4. The molecule has 0 radical (unpaired) electrons. The first-order valence-electron chi connectivity index (χ1n) is 33.2. The van der Waals surface area contributed by atoms with Crippen molar-refractivity contribution in [3.8, 4) is 0 Å². The van der Waals surface area contributed by atoms with E-state index in [1.54, 1.807) is 0 Å². The summed E-state index contributed by atoms with van der Waals surface area (Å²) in [6.07, 6.45) is 67.8. The number of allylic oxidation sites excluding steroid dienone is 3. The molecule has 0 aromatic rings. The third-order valence-electron chi connectivity index (χ3n) is 15.1. The Labute approximate surface area is 473 Å². The third-order valence-corrected chi connectivity index (χ3v) is 16.1. The number of unbranched alkanes of at least 4 members (excludes halogenated alkanes) is 43. The number of carbonyl (C=O) groups excluding carboxylic acids is 2. The van der Waals surface area contributed by atoms with Crippen molar-refractivity contribution in [1.82, 2.24) is 5.32 Å². The van der Waals surface area contributed by atoms with E-state index in [1.165, 1.54) is 218 Å². The fourth-order valence-corrected chi connectivity index (χ4v) is 10.7. The van der Waals surface area contributed by atoms with Crippen LogP contribution in [0.4, 0.5) is 0 Å². The number of amides is 1. The van der Waals surface area contributed by atoms with Gasteiger partial charge in [0.05, 0.1) is 33.8 Å². The Balaban J connectivity index is 4.92. The molecule has 2 N–H and O–H groups in total. The molecule has 450 valence electrons. The SMILES string of the molecule is CCCC/C=C\CCCCCCCC(=O)NC(COP(=O)(O)OCC[N+](C)(C)C)C(/C=C\CCCCCCCCCCCC)OC(=O)CCCCCCCCCCCCCCCCCCCCCCCCCCCCC. The molecule has 3 unspecified atom stereocenters. The number of carbonyl (C=O) groups is 2. The van der Waals surface area contributed by atoms with Gasteiger partial charge in [-0.1, -0.05) is 296 Å². The van der Waals surface area contributed by atoms with Crippen LogP contribution in [-0.2, 0) is 27.9 Å². The molecule has 76 heavy (non-hydrogen) atoms. The maximum Gasteiger partial charge on any atom is 0.472 e. The molecule has 0 rings (SSSR count). The first-order chi connectivity index (χ1) is 36.9. The van der Waals surface area contributed by atoms with Crippen molar-refractivity contribution >= 4 is 19.7 Å². The lowest BCUT2D eigenvalue weighted by Crippen LogP contribution is -2.47. The molecular formula is C66H130N2O7P+. The molecule has 3 atom stereocenters. The molecule has 0 aromatic heterocycles. The van der Waals surface area contributed by atoms with Gasteiger partial charge < -0.3 is 19.4 Å². The molecule has 1 amide bonds. The Morgan fingerprint density at radius 3 is 1.16 bits per heavy atom. The number of phosphoric ester groups is 1. The van der Waals surface area contributed by atoms with Crippen molar-refractivity contribution in [2.45, 2.75) is 348 Å². The van der Waals surface area contributed by atoms with E-state index < -0.39 is 20.0 Å². The monoisotopic (exact) mass is 1090 g/mol. The standard InChI is InChI=1S/C66H129N2O7P/c1-7-10-13-16-19-22-25-27-28-29-30-31-32-33-34-35-36-37-38-39-40-41-44-47-50-53-56-59-66(70)75-64(57-54-51-48-45-43-26-23-20-17-14-11-8-2)63(62-74-76(71,72)73-61-60-68(4,5)6)67-65(69)58-55-52-49-46-42-24-21-18-15-12-9-3/h18,21,54,57,63-64H,7-17,19-20,22-53,55-56,58-62H2,1-6H3,(H-,67,69,71,72)/p+1/b21-18-,57-54-. The highest BCUT2D eigenvalue weighted by molar-refractivity contribution is 7.47. The minimum absolute atomic E-state index is 0.0419. The highest BCUT2D eigenvalue weighted by Gasteiger charge is 2.30. The summed E-state index contributed by atoms with van der Waals surface area (Å²) in [7, 11) is 1.51. The molecule has 0 fully saturated rings. The Hall–Kier alpha value is -1.51. The van der Waals surface area contributed by atoms with Gasteiger partial charge in [-0.3, -0.25) is 18.6 Å². The number of rotatable bonds is 61. The van der Waals surface area contributed by atoms with E-state index in [0.29, 0.717) is 23.9 Å². The average molecular weight is 1090 g/mol. The molecule has 0 saturated carbocycles. The molecule has 0 bridgehead atoms. The molecule has 0 aliphatic carbocycles. The highest BCUT2D eigenvalue weighted by Crippen LogP contribution is 2.43. The van der Waals surface area contributed by atoms with Crippen LogP contribution in [0.25, 0.3) is 0 Å². The first kappa shape index (κ1) is 74.5. The van der Waals surface area contributed by atoms with Crippen LogP contribution in [-0.4, -0.2) is 74.3 Å². The van der Waals surface area contributed by atoms with E-state index >= 15 is 0 Å². The lowest BCUT2D eigenvalue weighted by Gasteiger charge is -2.27. The Morgan fingerprint density at radius 1 is 0.447 bits per heavy atom. The number of hydrogen-bond donors (Lipinski definition) is 2. The van der Waals surface area contributed by atoms with Crippen molar-refractivity contribution in [2.24, 2.45) is 0 Å². The predicted molar refractivity (Wildman–Crippen MR) is 328 cm³/mol. The summed E-state index contributed by atoms with van der Waals surface area (Å²) in [5.74, 6) is -0.500. The van der Waals surface area contributed by atoms with Crippen LogP contribution in [0.2, 0.25) is 0 Å². The van der Waals surface area contributed by atoms with Crippen molar-refractivity contribution < 1.29 is 37.3 Å². The zero-order chi connectivity index (χ0) is 55.7. The number of nitrogens with one attached hydrogen (secondary N) is 1. The van der Waals surface area contributed by atoms with Crippen LogP contribution >= 0.6 is 7.82 Å². The predicted octanol–water partition coefficient (Wildman–Crippen LogP) is 20.5. The van der Waals surface area contributed by atoms with Crippen LogP contribution in [0, 0.1) is 0 Å². The van der Waals surface area contributed by atoms with Crippen LogP contribution in [0.15, 0.2) is 24.3 Å². The zero-order valence-electron chi connectivity index (χ0n) is 51.5. The lowest BCUT2D eigenvalue weighted by molar-refractivity contribution is -0.870. The summed E-state index contributed by atoms with van der Waals surface area (Å²) in [4.78, 5) is 37.6. The molecule has 0 saturated heterocycles. The maximum absolute atomic E-state index is 13.5. The van der Waals surface area contributed by atoms with Gasteiger partial charge in [-0.2, -0.15) is 0 Å². The van der Waals surface area contributed by atoms with Gasteiger partial charge in [-0.15, -0.1) is 0 Å². The molecule has 10 heteroatoms. The van der Waals surface area contributed by atoms with E-state index in [-0.39, 0.29) is 25.1 Å². The van der Waals surface area contributed by atoms with Gasteiger partial charge in [0.1, 0.15) is 19.3 Å². The van der Waals surface area contributed by atoms with Crippen molar-refractivity contribution in [3.63, 3.8) is 0 Å². The van der Waals surface area contributed by atoms with E-state index in [2.05, 4.69) is 38.2 Å². The molecule has 0 spiro atoms. The summed E-state index contributed by atoms with van der Waals surface area (Å²) in [6.45, 7) is 7.01. The average Bonchev–Trinajstić information content (AvgIpc) is 3.38. The molecule has 0 heterocycles. The number of nitrogens with zero attached hydrogens (tertiary/aromatic N) is 1. The Morgan fingerprint density at radius 2 is 0.776 bits per heavy atom. The number of ether oxygens (including phenoxy) is 1. The normalized spacial score (nSPS) is 13.7. The number of phosphoric acid groups is 1. The smallest absolute Gasteiger partial charge is 0.456 e. The van der Waals surface area contributed by atoms with Gasteiger partial charge in [0.15, 0.2) is 0 Å². The Bertz CT molecular complexity index is 1350. The van der Waals surface area contributed by atoms with E-state index in [9.17, 15) is 19.0 Å². The first-order valence-corrected chi connectivity index (χ1v) is 34.7. The molecule has 0 aliphatic rings. The second-order valence-corrected chi connectivity index (χ2v) is 25.5. The van der Waals surface area contributed by atoms with E-state index in [1.807, 2.05) is 33.3 Å². The largest absolute Gasteiger partial charge is 0.472 e. The highest BCUT2D eigenvalue weighted by atomic mass is 31.2. The van der Waals surface area contributed by atoms with Crippen molar-refractivity contribution in [3.05, 3.63) is 24.3 Å². The van der Waals surface area contributed by atoms with E-state index in [0.717, 1.165) is 83.5 Å². The van der Waals surface area contributed by atoms with E-state index in [4.69, 9.17) is 13.8 Å². The lowest BCUT2D eigenvalue weighted by atomic mass is 10.0. The minimum atomic E-state index is -4.44. The van der Waals surface area contributed by atoms with Crippen molar-refractivity contribution in [2.75, 3.05) is 40.9 Å². The second kappa shape index (κ2) is 56.8. The Kier molecular flexibility index (Phi) is 55.6. The van der Waals surface area contributed by atoms with Crippen LogP contribution < -0.4 is 5.32 Å². The minimum Gasteiger partial charge on any atom is -0.456 e. The summed E-state index contributed by atoms with van der Waals surface area (Å²) in [6, 6.07) is -0.846. The topological polar surface area (TPSA) is 111 Å². The second-order valence-electron chi connectivity index (χ2n) is 24.0.